The van der Waals surface area contributed by atoms with Crippen LogP contribution >= 0.6 is 0 Å². The summed E-state index contributed by atoms with van der Waals surface area (Å²) < 4.78 is 0. The zero-order chi connectivity index (χ0) is 15.1. The molecule has 106 valence electrons. The standard InChI is InChI=1S/C18H12N2O2/c21-17-9-12-8-14(16-4-2-6-20-16)18(22)10-11(12)7-13(17)15-3-1-5-19-15/h1-10,19,21H. The van der Waals surface area contributed by atoms with Crippen molar-refractivity contribution in [1.29, 1.82) is 0 Å². The fraction of sp³-hybridized carbons (Fsp3) is 0. The summed E-state index contributed by atoms with van der Waals surface area (Å²) in [5.41, 5.74) is 2.69. The molecule has 2 aliphatic rings. The lowest BCUT2D eigenvalue weighted by atomic mass is 9.97. The molecule has 1 aromatic carbocycles. The van der Waals surface area contributed by atoms with Crippen molar-refractivity contribution < 1.29 is 9.90 Å². The number of hydrogen-bond donors (Lipinski definition) is 2. The lowest BCUT2D eigenvalue weighted by Gasteiger charge is -2.08. The molecule has 22 heavy (non-hydrogen) atoms. The average Bonchev–Trinajstić information content (AvgIpc) is 3.20. The molecule has 0 atom stereocenters. The van der Waals surface area contributed by atoms with Crippen LogP contribution in [0.1, 0.15) is 0 Å². The Morgan fingerprint density at radius 1 is 1.14 bits per heavy atom. The molecule has 4 heteroatoms. The van der Waals surface area contributed by atoms with E-state index < -0.39 is 0 Å². The van der Waals surface area contributed by atoms with Crippen LogP contribution in [0.15, 0.2) is 58.9 Å². The van der Waals surface area contributed by atoms with Crippen molar-refractivity contribution in [3.05, 3.63) is 64.3 Å². The van der Waals surface area contributed by atoms with Gasteiger partial charge in [-0.2, -0.15) is 0 Å². The molecule has 2 heterocycles. The summed E-state index contributed by atoms with van der Waals surface area (Å²) in [6.07, 6.45) is 10.4. The van der Waals surface area contributed by atoms with Crippen molar-refractivity contribution in [1.82, 2.24) is 4.98 Å². The minimum absolute atomic E-state index is 0.0747. The number of Topliss-reactive ketones (excluding diaryl/α,β-unsaturated/α-hetero) is 1. The Morgan fingerprint density at radius 3 is 2.73 bits per heavy atom. The van der Waals surface area contributed by atoms with Crippen LogP contribution in [-0.2, 0) is 4.79 Å². The van der Waals surface area contributed by atoms with Gasteiger partial charge in [0, 0.05) is 29.2 Å². The van der Waals surface area contributed by atoms with Gasteiger partial charge in [-0.1, -0.05) is 0 Å². The summed E-state index contributed by atoms with van der Waals surface area (Å²) in [6, 6.07) is 7.24. The van der Waals surface area contributed by atoms with Gasteiger partial charge in [-0.05, 0) is 59.0 Å². The maximum atomic E-state index is 12.3. The van der Waals surface area contributed by atoms with Gasteiger partial charge in [0.2, 0.25) is 0 Å². The van der Waals surface area contributed by atoms with Gasteiger partial charge in [-0.15, -0.1) is 0 Å². The highest BCUT2D eigenvalue weighted by molar-refractivity contribution is 6.23. The molecular weight excluding hydrogens is 276 g/mol. The molecule has 0 amide bonds. The third-order valence-corrected chi connectivity index (χ3v) is 3.77. The van der Waals surface area contributed by atoms with E-state index in [0.717, 1.165) is 16.1 Å². The zero-order valence-electron chi connectivity index (χ0n) is 11.6. The Kier molecular flexibility index (Phi) is 2.69. The molecular formula is C18H12N2O2. The van der Waals surface area contributed by atoms with Crippen LogP contribution in [0.2, 0.25) is 0 Å². The highest BCUT2D eigenvalue weighted by Gasteiger charge is 2.15. The molecule has 4 rings (SSSR count). The summed E-state index contributed by atoms with van der Waals surface area (Å²) in [7, 11) is 0. The Balaban J connectivity index is 1.96. The van der Waals surface area contributed by atoms with Crippen molar-refractivity contribution >= 4 is 24.1 Å². The van der Waals surface area contributed by atoms with E-state index in [0.29, 0.717) is 16.8 Å². The van der Waals surface area contributed by atoms with Gasteiger partial charge in [-0.3, -0.25) is 9.79 Å². The number of aromatic hydroxyl groups is 1. The quantitative estimate of drug-likeness (QED) is 0.780. The second-order valence-corrected chi connectivity index (χ2v) is 5.17. The van der Waals surface area contributed by atoms with Crippen molar-refractivity contribution in [2.75, 3.05) is 0 Å². The van der Waals surface area contributed by atoms with Gasteiger partial charge in [0.05, 0.1) is 5.70 Å². The molecule has 0 fully saturated rings. The second kappa shape index (κ2) is 4.70. The largest absolute Gasteiger partial charge is 0.507 e. The van der Waals surface area contributed by atoms with E-state index in [4.69, 9.17) is 0 Å². The highest BCUT2D eigenvalue weighted by Crippen LogP contribution is 2.25. The zero-order valence-corrected chi connectivity index (χ0v) is 11.6. The van der Waals surface area contributed by atoms with Gasteiger partial charge < -0.3 is 10.1 Å². The van der Waals surface area contributed by atoms with E-state index in [1.165, 1.54) is 0 Å². The number of H-pyrrole nitrogens is 1. The van der Waals surface area contributed by atoms with Crippen LogP contribution in [0.5, 0.6) is 5.75 Å². The minimum atomic E-state index is -0.0747. The van der Waals surface area contributed by atoms with Gasteiger partial charge >= 0.3 is 0 Å². The Bertz CT molecular complexity index is 976. The number of nitrogens with one attached hydrogen (secondary N) is 1. The molecule has 4 nitrogen and oxygen atoms in total. The number of carbonyl (C=O) groups is 1. The number of ketones is 1. The molecule has 0 saturated carbocycles. The molecule has 0 spiro atoms. The third-order valence-electron chi connectivity index (χ3n) is 3.77. The van der Waals surface area contributed by atoms with Crippen LogP contribution in [0.3, 0.4) is 0 Å². The molecule has 1 aliphatic heterocycles. The van der Waals surface area contributed by atoms with Gasteiger partial charge in [0.1, 0.15) is 5.75 Å². The normalized spacial score (nSPS) is 19.0. The number of fused-ring (bicyclic) bond motifs is 1. The Labute approximate surface area is 126 Å². The molecule has 0 unspecified atom stereocenters. The average molecular weight is 288 g/mol. The lowest BCUT2D eigenvalue weighted by molar-refractivity contribution is -0.109. The number of aromatic amines is 1. The number of phenolic OH excluding ortho intramolecular Hbond substituents is 1. The predicted octanol–water partition coefficient (Wildman–Crippen LogP) is 1.43. The van der Waals surface area contributed by atoms with E-state index in [9.17, 15) is 9.90 Å². The SMILES string of the molecule is O=C1C=c2cc(-c3ccc[nH]3)c(O)cc2=CC1=C1C=CC=N1. The van der Waals surface area contributed by atoms with Crippen LogP contribution in [0, 0.1) is 0 Å². The van der Waals surface area contributed by atoms with E-state index in [-0.39, 0.29) is 11.5 Å². The number of aliphatic imine (C=N–C) groups is 1. The maximum absolute atomic E-state index is 12.3. The van der Waals surface area contributed by atoms with Gasteiger partial charge in [-0.25, -0.2) is 0 Å². The first-order valence-corrected chi connectivity index (χ1v) is 6.92. The van der Waals surface area contributed by atoms with E-state index in [1.807, 2.05) is 18.2 Å². The number of aromatic nitrogens is 1. The number of benzene rings is 1. The molecule has 0 saturated heterocycles. The molecule has 2 aromatic rings. The number of phenols is 1. The van der Waals surface area contributed by atoms with E-state index in [2.05, 4.69) is 9.98 Å². The van der Waals surface area contributed by atoms with Crippen molar-refractivity contribution in [3.8, 4) is 17.0 Å². The van der Waals surface area contributed by atoms with Crippen LogP contribution in [0.25, 0.3) is 23.4 Å². The fourth-order valence-corrected chi connectivity index (χ4v) is 2.69. The first-order chi connectivity index (χ1) is 10.7. The molecule has 0 radical (unpaired) electrons. The third kappa shape index (κ3) is 1.93. The molecule has 1 aliphatic carbocycles. The maximum Gasteiger partial charge on any atom is 0.188 e. The predicted molar refractivity (Wildman–Crippen MR) is 85.7 cm³/mol. The molecule has 2 N–H and O–H groups in total. The smallest absolute Gasteiger partial charge is 0.188 e. The van der Waals surface area contributed by atoms with Crippen molar-refractivity contribution in [2.24, 2.45) is 4.99 Å². The minimum Gasteiger partial charge on any atom is -0.507 e. The topological polar surface area (TPSA) is 65.5 Å². The number of hydrogen-bond acceptors (Lipinski definition) is 3. The van der Waals surface area contributed by atoms with E-state index >= 15 is 0 Å². The first kappa shape index (κ1) is 12.6. The Hall–Kier alpha value is -3.14. The van der Waals surface area contributed by atoms with E-state index in [1.54, 1.807) is 42.8 Å². The monoisotopic (exact) mass is 288 g/mol. The second-order valence-electron chi connectivity index (χ2n) is 5.17. The van der Waals surface area contributed by atoms with Crippen LogP contribution in [-0.4, -0.2) is 22.1 Å². The Morgan fingerprint density at radius 2 is 2.00 bits per heavy atom. The van der Waals surface area contributed by atoms with Gasteiger partial charge in [0.25, 0.3) is 0 Å². The summed E-state index contributed by atoms with van der Waals surface area (Å²) in [5, 5.41) is 11.9. The summed E-state index contributed by atoms with van der Waals surface area (Å²) in [5.74, 6) is 0.101. The van der Waals surface area contributed by atoms with Crippen LogP contribution in [0.4, 0.5) is 0 Å². The number of rotatable bonds is 1. The fourth-order valence-electron chi connectivity index (χ4n) is 2.69. The molecule has 0 bridgehead atoms. The lowest BCUT2D eigenvalue weighted by Crippen LogP contribution is -2.30. The van der Waals surface area contributed by atoms with Crippen LogP contribution < -0.4 is 10.4 Å². The number of nitrogens with zero attached hydrogens (tertiary/aromatic N) is 1. The summed E-state index contributed by atoms with van der Waals surface area (Å²) in [4.78, 5) is 19.5. The first-order valence-electron chi connectivity index (χ1n) is 6.92. The number of allylic oxidation sites excluding steroid dienone is 3. The van der Waals surface area contributed by atoms with Gasteiger partial charge in [0.15, 0.2) is 5.78 Å². The highest BCUT2D eigenvalue weighted by atomic mass is 16.3. The summed E-state index contributed by atoms with van der Waals surface area (Å²) in [6.45, 7) is 0. The van der Waals surface area contributed by atoms with Crippen molar-refractivity contribution in [2.45, 2.75) is 0 Å². The molecule has 1 aromatic heterocycles. The number of carbonyl (C=O) groups excluding carboxylic acids is 1. The summed E-state index contributed by atoms with van der Waals surface area (Å²) >= 11 is 0. The van der Waals surface area contributed by atoms with Crippen molar-refractivity contribution in [3.63, 3.8) is 0 Å².